The maximum atomic E-state index is 12.8. The van der Waals surface area contributed by atoms with E-state index < -0.39 is 0 Å². The van der Waals surface area contributed by atoms with Crippen LogP contribution in [0.1, 0.15) is 11.8 Å². The van der Waals surface area contributed by atoms with Crippen LogP contribution in [0.5, 0.6) is 0 Å². The molecular weight excluding hydrogens is 358 g/mol. The summed E-state index contributed by atoms with van der Waals surface area (Å²) < 4.78 is 6.40. The summed E-state index contributed by atoms with van der Waals surface area (Å²) in [5, 5.41) is 15.9. The van der Waals surface area contributed by atoms with Crippen molar-refractivity contribution in [1.82, 2.24) is 25.3 Å². The molecule has 0 atom stereocenters. The molecule has 0 spiro atoms. The van der Waals surface area contributed by atoms with E-state index in [1.54, 1.807) is 19.1 Å². The molecule has 0 unspecified atom stereocenters. The molecule has 2 aromatic heterocycles. The first-order valence-corrected chi connectivity index (χ1v) is 8.73. The maximum Gasteiger partial charge on any atom is 0.275 e. The average molecular weight is 375 g/mol. The molecule has 0 saturated carbocycles. The van der Waals surface area contributed by atoms with Gasteiger partial charge in [-0.05, 0) is 6.07 Å². The van der Waals surface area contributed by atoms with Gasteiger partial charge in [-0.2, -0.15) is 5.10 Å². The first kappa shape index (κ1) is 17.6. The van der Waals surface area contributed by atoms with Gasteiger partial charge in [0.05, 0.1) is 17.6 Å². The lowest BCUT2D eigenvalue weighted by molar-refractivity contribution is -0.122. The van der Waals surface area contributed by atoms with Crippen LogP contribution < -0.4 is 10.9 Å². The number of carbonyl (C=O) groups excluding carboxylic acids is 1. The third kappa shape index (κ3) is 3.52. The van der Waals surface area contributed by atoms with Gasteiger partial charge in [0.2, 0.25) is 17.7 Å². The SMILES string of the molecule is Cc1nnc(CNC(=O)Cn2nc(-c3ccccc3)c3ccccc3c2=O)o1. The molecule has 2 aromatic carbocycles. The van der Waals surface area contributed by atoms with Gasteiger partial charge in [0.1, 0.15) is 6.54 Å². The zero-order valence-corrected chi connectivity index (χ0v) is 15.1. The summed E-state index contributed by atoms with van der Waals surface area (Å²) in [6.45, 7) is 1.55. The van der Waals surface area contributed by atoms with Crippen LogP contribution in [0.4, 0.5) is 0 Å². The Labute approximate surface area is 159 Å². The fourth-order valence-corrected chi connectivity index (χ4v) is 2.93. The first-order chi connectivity index (χ1) is 13.6. The van der Waals surface area contributed by atoms with Crippen LogP contribution in [-0.4, -0.2) is 25.9 Å². The lowest BCUT2D eigenvalue weighted by Crippen LogP contribution is -2.33. The highest BCUT2D eigenvalue weighted by molar-refractivity contribution is 5.93. The second kappa shape index (κ2) is 7.43. The van der Waals surface area contributed by atoms with Crippen LogP contribution in [0.25, 0.3) is 22.0 Å². The number of fused-ring (bicyclic) bond motifs is 1. The molecule has 0 bridgehead atoms. The Bertz CT molecular complexity index is 1200. The van der Waals surface area contributed by atoms with Gasteiger partial charge in [0.25, 0.3) is 5.56 Å². The molecule has 28 heavy (non-hydrogen) atoms. The molecule has 0 aliphatic heterocycles. The lowest BCUT2D eigenvalue weighted by atomic mass is 10.1. The number of carbonyl (C=O) groups is 1. The van der Waals surface area contributed by atoms with Crippen LogP contribution in [0, 0.1) is 6.92 Å². The number of aromatic nitrogens is 4. The Kier molecular flexibility index (Phi) is 4.67. The predicted molar refractivity (Wildman–Crippen MR) is 102 cm³/mol. The average Bonchev–Trinajstić information content (AvgIpc) is 3.14. The Morgan fingerprint density at radius 2 is 1.75 bits per heavy atom. The number of benzene rings is 2. The lowest BCUT2D eigenvalue weighted by Gasteiger charge is -2.11. The van der Waals surface area contributed by atoms with Crippen LogP contribution in [0.3, 0.4) is 0 Å². The van der Waals surface area contributed by atoms with Crippen LogP contribution in [0.2, 0.25) is 0 Å². The summed E-state index contributed by atoms with van der Waals surface area (Å²) in [6, 6.07) is 16.8. The summed E-state index contributed by atoms with van der Waals surface area (Å²) in [5.41, 5.74) is 1.20. The Morgan fingerprint density at radius 3 is 2.46 bits per heavy atom. The highest BCUT2D eigenvalue weighted by Crippen LogP contribution is 2.24. The Hall–Kier alpha value is -3.81. The second-order valence-electron chi connectivity index (χ2n) is 6.21. The Morgan fingerprint density at radius 1 is 1.04 bits per heavy atom. The number of hydrogen-bond donors (Lipinski definition) is 1. The highest BCUT2D eigenvalue weighted by atomic mass is 16.4. The molecule has 0 aliphatic rings. The molecular formula is C20H17N5O3. The van der Waals surface area contributed by atoms with E-state index in [1.807, 2.05) is 42.5 Å². The molecule has 1 amide bonds. The van der Waals surface area contributed by atoms with Crippen molar-refractivity contribution in [2.45, 2.75) is 20.0 Å². The highest BCUT2D eigenvalue weighted by Gasteiger charge is 2.14. The van der Waals surface area contributed by atoms with Crippen molar-refractivity contribution in [3.63, 3.8) is 0 Å². The molecule has 4 aromatic rings. The normalized spacial score (nSPS) is 10.9. The van der Waals surface area contributed by atoms with Crippen LogP contribution in [0.15, 0.2) is 63.8 Å². The van der Waals surface area contributed by atoms with Gasteiger partial charge in [-0.1, -0.05) is 48.5 Å². The van der Waals surface area contributed by atoms with Crippen molar-refractivity contribution in [3.8, 4) is 11.3 Å². The first-order valence-electron chi connectivity index (χ1n) is 8.73. The molecule has 8 heteroatoms. The van der Waals surface area contributed by atoms with E-state index in [2.05, 4.69) is 20.6 Å². The Balaban J connectivity index is 1.66. The standard InChI is InChI=1S/C20H17N5O3/c1-13-22-23-18(28-13)11-21-17(26)12-25-20(27)16-10-6-5-9-15(16)19(24-25)14-7-3-2-4-8-14/h2-10H,11-12H2,1H3,(H,21,26). The smallest absolute Gasteiger partial charge is 0.275 e. The number of aryl methyl sites for hydroxylation is 1. The maximum absolute atomic E-state index is 12.8. The number of rotatable bonds is 5. The minimum Gasteiger partial charge on any atom is -0.424 e. The third-order valence-corrected chi connectivity index (χ3v) is 4.21. The molecule has 2 heterocycles. The minimum atomic E-state index is -0.375. The monoisotopic (exact) mass is 375 g/mol. The van der Waals surface area contributed by atoms with E-state index >= 15 is 0 Å². The molecule has 0 saturated heterocycles. The van der Waals surface area contributed by atoms with E-state index in [1.165, 1.54) is 4.68 Å². The minimum absolute atomic E-state index is 0.0908. The number of nitrogens with zero attached hydrogens (tertiary/aromatic N) is 4. The predicted octanol–water partition coefficient (Wildman–Crippen LogP) is 2.07. The van der Waals surface area contributed by atoms with E-state index in [4.69, 9.17) is 4.42 Å². The second-order valence-corrected chi connectivity index (χ2v) is 6.21. The molecule has 8 nitrogen and oxygen atoms in total. The van der Waals surface area contributed by atoms with Crippen molar-refractivity contribution >= 4 is 16.7 Å². The fraction of sp³-hybridized carbons (Fsp3) is 0.150. The van der Waals surface area contributed by atoms with Gasteiger partial charge in [0, 0.05) is 17.9 Å². The summed E-state index contributed by atoms with van der Waals surface area (Å²) in [4.78, 5) is 25.1. The molecule has 0 aliphatic carbocycles. The van der Waals surface area contributed by atoms with Gasteiger partial charge in [-0.3, -0.25) is 9.59 Å². The number of nitrogens with one attached hydrogen (secondary N) is 1. The summed E-state index contributed by atoms with van der Waals surface area (Å²) in [5.74, 6) is 0.346. The van der Waals surface area contributed by atoms with Crippen molar-refractivity contribution < 1.29 is 9.21 Å². The van der Waals surface area contributed by atoms with Gasteiger partial charge in [-0.25, -0.2) is 4.68 Å². The van der Waals surface area contributed by atoms with Crippen LogP contribution in [-0.2, 0) is 17.9 Å². The van der Waals surface area contributed by atoms with Crippen LogP contribution >= 0.6 is 0 Å². The van der Waals surface area contributed by atoms with Crippen molar-refractivity contribution in [2.75, 3.05) is 0 Å². The largest absolute Gasteiger partial charge is 0.424 e. The molecule has 0 fully saturated rings. The van der Waals surface area contributed by atoms with Gasteiger partial charge in [-0.15, -0.1) is 10.2 Å². The van der Waals surface area contributed by atoms with E-state index in [0.717, 1.165) is 10.9 Å². The quantitative estimate of drug-likeness (QED) is 0.573. The fourth-order valence-electron chi connectivity index (χ4n) is 2.93. The summed E-state index contributed by atoms with van der Waals surface area (Å²) in [7, 11) is 0. The zero-order valence-electron chi connectivity index (χ0n) is 15.1. The summed E-state index contributed by atoms with van der Waals surface area (Å²) in [6.07, 6.45) is 0. The zero-order chi connectivity index (χ0) is 19.5. The van der Waals surface area contributed by atoms with Crippen molar-refractivity contribution in [3.05, 3.63) is 76.7 Å². The third-order valence-electron chi connectivity index (χ3n) is 4.21. The number of hydrogen-bond acceptors (Lipinski definition) is 6. The van der Waals surface area contributed by atoms with E-state index in [9.17, 15) is 9.59 Å². The molecule has 140 valence electrons. The van der Waals surface area contributed by atoms with Gasteiger partial charge in [0.15, 0.2) is 0 Å². The molecule has 0 radical (unpaired) electrons. The molecule has 1 N–H and O–H groups in total. The molecule has 4 rings (SSSR count). The van der Waals surface area contributed by atoms with Crippen molar-refractivity contribution in [1.29, 1.82) is 0 Å². The van der Waals surface area contributed by atoms with Crippen molar-refractivity contribution in [2.24, 2.45) is 0 Å². The van der Waals surface area contributed by atoms with E-state index in [0.29, 0.717) is 22.9 Å². The number of amides is 1. The van der Waals surface area contributed by atoms with Gasteiger partial charge < -0.3 is 9.73 Å². The topological polar surface area (TPSA) is 103 Å². The van der Waals surface area contributed by atoms with E-state index in [-0.39, 0.29) is 24.6 Å². The van der Waals surface area contributed by atoms with Gasteiger partial charge >= 0.3 is 0 Å². The summed E-state index contributed by atoms with van der Waals surface area (Å²) >= 11 is 0.